The molecule has 1 aromatic carbocycles. The molecule has 2 N–H and O–H groups in total. The van der Waals surface area contributed by atoms with Gasteiger partial charge in [-0.05, 0) is 61.3 Å². The van der Waals surface area contributed by atoms with Crippen LogP contribution in [0.1, 0.15) is 74.6 Å². The van der Waals surface area contributed by atoms with Crippen molar-refractivity contribution < 1.29 is 30.8 Å². The number of aromatic nitrogens is 1. The Morgan fingerprint density at radius 2 is 1.75 bits per heavy atom. The number of alkyl halides is 3. The van der Waals surface area contributed by atoms with Gasteiger partial charge in [-0.2, -0.15) is 13.2 Å². The van der Waals surface area contributed by atoms with Crippen molar-refractivity contribution in [2.45, 2.75) is 70.5 Å². The lowest BCUT2D eigenvalue weighted by Gasteiger charge is -2.33. The van der Waals surface area contributed by atoms with Crippen molar-refractivity contribution in [1.82, 2.24) is 10.3 Å². The first-order valence-corrected chi connectivity index (χ1v) is 15.6. The van der Waals surface area contributed by atoms with Crippen LogP contribution in [0.25, 0.3) is 0 Å². The van der Waals surface area contributed by atoms with E-state index in [1.807, 2.05) is 4.90 Å². The van der Waals surface area contributed by atoms with Crippen LogP contribution in [0.5, 0.6) is 0 Å². The minimum Gasteiger partial charge on any atom is -0.356 e. The fourth-order valence-electron chi connectivity index (χ4n) is 5.67. The van der Waals surface area contributed by atoms with E-state index in [-0.39, 0.29) is 29.9 Å². The molecular formula is C28H36F4N4O3S. The van der Waals surface area contributed by atoms with Gasteiger partial charge in [-0.1, -0.05) is 38.3 Å². The molecular weight excluding hydrogens is 548 g/mol. The van der Waals surface area contributed by atoms with Crippen molar-refractivity contribution in [3.05, 3.63) is 53.0 Å². The number of sulfonamides is 1. The lowest BCUT2D eigenvalue weighted by Crippen LogP contribution is -2.37. The van der Waals surface area contributed by atoms with Crippen LogP contribution in [0.3, 0.4) is 0 Å². The van der Waals surface area contributed by atoms with Crippen molar-refractivity contribution in [3.8, 4) is 0 Å². The zero-order valence-electron chi connectivity index (χ0n) is 22.7. The van der Waals surface area contributed by atoms with Gasteiger partial charge in [0.25, 0.3) is 0 Å². The third-order valence-electron chi connectivity index (χ3n) is 7.83. The SMILES string of the molecule is CC1CCN(c2nc(C(F)(F)F)ccc2CNC(=O)C(c2ccc(NS(C)(=O)=O)c(F)c2)C2CCCCC2)CC1. The van der Waals surface area contributed by atoms with E-state index >= 15 is 0 Å². The summed E-state index contributed by atoms with van der Waals surface area (Å²) in [5.41, 5.74) is -0.270. The van der Waals surface area contributed by atoms with Crippen LogP contribution in [0.4, 0.5) is 29.1 Å². The fraction of sp³-hybridized carbons (Fsp3) is 0.571. The van der Waals surface area contributed by atoms with Gasteiger partial charge in [0.2, 0.25) is 15.9 Å². The van der Waals surface area contributed by atoms with Crippen molar-refractivity contribution >= 4 is 27.4 Å². The highest BCUT2D eigenvalue weighted by Crippen LogP contribution is 2.38. The number of benzene rings is 1. The Morgan fingerprint density at radius 3 is 2.35 bits per heavy atom. The number of hydrogen-bond donors (Lipinski definition) is 2. The lowest BCUT2D eigenvalue weighted by molar-refractivity contribution is -0.141. The molecule has 2 fully saturated rings. The number of carbonyl (C=O) groups excluding carboxylic acids is 1. The average molecular weight is 585 g/mol. The molecule has 1 saturated heterocycles. The summed E-state index contributed by atoms with van der Waals surface area (Å²) in [5, 5.41) is 2.89. The first-order chi connectivity index (χ1) is 18.8. The molecule has 1 amide bonds. The van der Waals surface area contributed by atoms with Crippen LogP contribution in [0.2, 0.25) is 0 Å². The number of pyridine rings is 1. The van der Waals surface area contributed by atoms with Gasteiger partial charge in [0.15, 0.2) is 0 Å². The number of halogens is 4. The summed E-state index contributed by atoms with van der Waals surface area (Å²) in [4.78, 5) is 19.4. The smallest absolute Gasteiger partial charge is 0.356 e. The van der Waals surface area contributed by atoms with E-state index in [1.54, 1.807) is 6.07 Å². The molecule has 1 aliphatic carbocycles. The largest absolute Gasteiger partial charge is 0.433 e. The van der Waals surface area contributed by atoms with E-state index < -0.39 is 33.6 Å². The predicted octanol–water partition coefficient (Wildman–Crippen LogP) is 5.83. The zero-order valence-corrected chi connectivity index (χ0v) is 23.5. The van der Waals surface area contributed by atoms with Gasteiger partial charge in [-0.3, -0.25) is 9.52 Å². The van der Waals surface area contributed by atoms with Gasteiger partial charge in [0, 0.05) is 25.2 Å². The number of piperidine rings is 1. The molecule has 0 radical (unpaired) electrons. The van der Waals surface area contributed by atoms with Crippen LogP contribution in [-0.4, -0.2) is 38.7 Å². The standard InChI is InChI=1S/C28H36F4N4O3S/c1-18-12-14-36(15-13-18)26-21(9-11-24(34-26)28(30,31)32)17-33-27(37)25(19-6-4-3-5-7-19)20-8-10-23(22(29)16-20)35-40(2,38)39/h8-11,16,18-19,25,35H,3-7,12-15,17H2,1-2H3,(H,33,37). The maximum atomic E-state index is 14.9. The minimum absolute atomic E-state index is 0.0230. The van der Waals surface area contributed by atoms with E-state index in [4.69, 9.17) is 0 Å². The van der Waals surface area contributed by atoms with E-state index in [1.165, 1.54) is 18.2 Å². The summed E-state index contributed by atoms with van der Waals surface area (Å²) in [7, 11) is -3.69. The Labute approximate surface area is 232 Å². The van der Waals surface area contributed by atoms with E-state index in [0.29, 0.717) is 30.1 Å². The number of hydrogen-bond acceptors (Lipinski definition) is 5. The van der Waals surface area contributed by atoms with Crippen molar-refractivity contribution in [3.63, 3.8) is 0 Å². The van der Waals surface area contributed by atoms with Gasteiger partial charge in [-0.15, -0.1) is 0 Å². The highest BCUT2D eigenvalue weighted by molar-refractivity contribution is 7.92. The molecule has 2 aromatic rings. The van der Waals surface area contributed by atoms with Gasteiger partial charge in [-0.25, -0.2) is 17.8 Å². The molecule has 40 heavy (non-hydrogen) atoms. The maximum absolute atomic E-state index is 14.9. The summed E-state index contributed by atoms with van der Waals surface area (Å²) in [6, 6.07) is 6.34. The second-order valence-corrected chi connectivity index (χ2v) is 12.8. The molecule has 1 unspecified atom stereocenters. The summed E-state index contributed by atoms with van der Waals surface area (Å²) >= 11 is 0. The quantitative estimate of drug-likeness (QED) is 0.381. The second kappa shape index (κ2) is 12.3. The summed E-state index contributed by atoms with van der Waals surface area (Å²) in [6.45, 7) is 3.24. The van der Waals surface area contributed by atoms with Gasteiger partial charge in [0.05, 0.1) is 17.9 Å². The summed E-state index contributed by atoms with van der Waals surface area (Å²) < 4.78 is 80.6. The highest BCUT2D eigenvalue weighted by Gasteiger charge is 2.35. The summed E-state index contributed by atoms with van der Waals surface area (Å²) in [6.07, 6.45) is 2.49. The minimum atomic E-state index is -4.59. The third kappa shape index (κ3) is 7.64. The van der Waals surface area contributed by atoms with Gasteiger partial charge < -0.3 is 10.2 Å². The van der Waals surface area contributed by atoms with Gasteiger partial charge in [0.1, 0.15) is 17.3 Å². The first kappa shape index (κ1) is 30.1. The molecule has 4 rings (SSSR count). The Kier molecular flexibility index (Phi) is 9.26. The Bertz CT molecular complexity index is 1310. The van der Waals surface area contributed by atoms with E-state index in [9.17, 15) is 30.8 Å². The number of rotatable bonds is 8. The predicted molar refractivity (Wildman–Crippen MR) is 146 cm³/mol. The maximum Gasteiger partial charge on any atom is 0.433 e. The number of carbonyl (C=O) groups is 1. The topological polar surface area (TPSA) is 91.4 Å². The number of nitrogens with one attached hydrogen (secondary N) is 2. The third-order valence-corrected chi connectivity index (χ3v) is 8.42. The Hall–Kier alpha value is -2.89. The van der Waals surface area contributed by atoms with E-state index in [0.717, 1.165) is 57.3 Å². The Balaban J connectivity index is 1.59. The Morgan fingerprint density at radius 1 is 1.07 bits per heavy atom. The molecule has 2 heterocycles. The molecule has 2 aliphatic rings. The van der Waals surface area contributed by atoms with Crippen molar-refractivity contribution in [1.29, 1.82) is 0 Å². The van der Waals surface area contributed by atoms with Crippen molar-refractivity contribution in [2.75, 3.05) is 29.0 Å². The molecule has 1 atom stereocenters. The monoisotopic (exact) mass is 584 g/mol. The summed E-state index contributed by atoms with van der Waals surface area (Å²) in [5.74, 6) is -1.18. The fourth-order valence-corrected chi connectivity index (χ4v) is 6.24. The molecule has 7 nitrogen and oxygen atoms in total. The molecule has 12 heteroatoms. The highest BCUT2D eigenvalue weighted by atomic mass is 32.2. The average Bonchev–Trinajstić information content (AvgIpc) is 2.89. The van der Waals surface area contributed by atoms with Crippen LogP contribution in [0.15, 0.2) is 30.3 Å². The molecule has 220 valence electrons. The molecule has 0 bridgehead atoms. The van der Waals surface area contributed by atoms with Crippen LogP contribution in [-0.2, 0) is 27.5 Å². The number of amides is 1. The lowest BCUT2D eigenvalue weighted by atomic mass is 9.76. The molecule has 1 saturated carbocycles. The van der Waals surface area contributed by atoms with E-state index in [2.05, 4.69) is 21.9 Å². The van der Waals surface area contributed by atoms with Crippen LogP contribution in [0, 0.1) is 17.7 Å². The van der Waals surface area contributed by atoms with Gasteiger partial charge >= 0.3 is 6.18 Å². The molecule has 0 spiro atoms. The zero-order chi connectivity index (χ0) is 29.1. The number of anilines is 2. The van der Waals surface area contributed by atoms with Crippen molar-refractivity contribution in [2.24, 2.45) is 11.8 Å². The number of nitrogens with zero attached hydrogens (tertiary/aromatic N) is 2. The second-order valence-electron chi connectivity index (χ2n) is 11.1. The molecule has 1 aliphatic heterocycles. The first-order valence-electron chi connectivity index (χ1n) is 13.7. The normalized spacial score (nSPS) is 18.4. The molecule has 1 aromatic heterocycles. The van der Waals surface area contributed by atoms with Crippen LogP contribution < -0.4 is 14.9 Å². The van der Waals surface area contributed by atoms with Crippen LogP contribution >= 0.6 is 0 Å².